The van der Waals surface area contributed by atoms with Gasteiger partial charge in [-0.2, -0.15) is 0 Å². The molecule has 144 valence electrons. The molecule has 3 N–H and O–H groups in total. The average Bonchev–Trinajstić information content (AvgIpc) is 3.12. The van der Waals surface area contributed by atoms with Crippen molar-refractivity contribution in [2.45, 2.75) is 5.16 Å². The van der Waals surface area contributed by atoms with Gasteiger partial charge >= 0.3 is 0 Å². The number of benzene rings is 3. The van der Waals surface area contributed by atoms with Crippen molar-refractivity contribution in [3.8, 4) is 5.69 Å². The molecule has 0 bridgehead atoms. The minimum absolute atomic E-state index is 0.159. The molecule has 0 aliphatic rings. The van der Waals surface area contributed by atoms with E-state index in [0.29, 0.717) is 11.3 Å². The van der Waals surface area contributed by atoms with Crippen molar-refractivity contribution in [1.82, 2.24) is 9.55 Å². The fourth-order valence-corrected chi connectivity index (χ4v) is 3.80. The molecule has 0 aliphatic heterocycles. The Hall–Kier alpha value is -3.58. The van der Waals surface area contributed by atoms with Crippen LogP contribution >= 0.6 is 11.8 Å². The number of para-hydroxylation sites is 3. The number of amides is 2. The lowest BCUT2D eigenvalue weighted by Gasteiger charge is -2.09. The van der Waals surface area contributed by atoms with Crippen LogP contribution in [-0.4, -0.2) is 27.1 Å². The van der Waals surface area contributed by atoms with Gasteiger partial charge in [0.05, 0.1) is 16.8 Å². The number of hydrogen-bond donors (Lipinski definition) is 2. The number of aromatic nitrogens is 2. The molecule has 6 nitrogen and oxygen atoms in total. The maximum absolute atomic E-state index is 12.4. The van der Waals surface area contributed by atoms with Crippen molar-refractivity contribution < 1.29 is 9.59 Å². The Morgan fingerprint density at radius 2 is 1.62 bits per heavy atom. The van der Waals surface area contributed by atoms with Crippen LogP contribution in [0.4, 0.5) is 5.69 Å². The molecule has 29 heavy (non-hydrogen) atoms. The third kappa shape index (κ3) is 4.14. The maximum Gasteiger partial charge on any atom is 0.248 e. The first-order valence-electron chi connectivity index (χ1n) is 8.97. The van der Waals surface area contributed by atoms with E-state index in [0.717, 1.165) is 21.9 Å². The lowest BCUT2D eigenvalue weighted by Crippen LogP contribution is -2.15. The van der Waals surface area contributed by atoms with Gasteiger partial charge in [0.2, 0.25) is 11.8 Å². The van der Waals surface area contributed by atoms with Crippen molar-refractivity contribution in [3.63, 3.8) is 0 Å². The lowest BCUT2D eigenvalue weighted by atomic mass is 10.2. The molecule has 1 aromatic heterocycles. The number of anilines is 1. The monoisotopic (exact) mass is 402 g/mol. The molecular formula is C22H18N4O2S. The molecule has 3 aromatic carbocycles. The van der Waals surface area contributed by atoms with Crippen LogP contribution in [0, 0.1) is 0 Å². The van der Waals surface area contributed by atoms with E-state index in [-0.39, 0.29) is 11.7 Å². The summed E-state index contributed by atoms with van der Waals surface area (Å²) in [6, 6.07) is 24.3. The molecule has 2 amide bonds. The summed E-state index contributed by atoms with van der Waals surface area (Å²) in [5.41, 5.74) is 9.10. The Bertz CT molecular complexity index is 1170. The molecule has 1 heterocycles. The first-order chi connectivity index (χ1) is 14.1. The molecule has 0 spiro atoms. The number of fused-ring (bicyclic) bond motifs is 1. The van der Waals surface area contributed by atoms with Crippen LogP contribution in [0.25, 0.3) is 16.7 Å². The number of imidazole rings is 1. The van der Waals surface area contributed by atoms with Crippen molar-refractivity contribution >= 4 is 40.3 Å². The van der Waals surface area contributed by atoms with Crippen LogP contribution in [0.2, 0.25) is 0 Å². The number of thioether (sulfide) groups is 1. The molecule has 7 heteroatoms. The van der Waals surface area contributed by atoms with Gasteiger partial charge in [-0.25, -0.2) is 4.98 Å². The Morgan fingerprint density at radius 3 is 2.34 bits per heavy atom. The van der Waals surface area contributed by atoms with E-state index in [9.17, 15) is 9.59 Å². The summed E-state index contributed by atoms with van der Waals surface area (Å²) in [7, 11) is 0. The van der Waals surface area contributed by atoms with Gasteiger partial charge in [-0.1, -0.05) is 42.1 Å². The number of nitrogens with one attached hydrogen (secondary N) is 1. The largest absolute Gasteiger partial charge is 0.366 e. The van der Waals surface area contributed by atoms with Crippen LogP contribution in [0.15, 0.2) is 84.0 Å². The van der Waals surface area contributed by atoms with Crippen LogP contribution in [0.1, 0.15) is 10.4 Å². The molecule has 4 rings (SSSR count). The van der Waals surface area contributed by atoms with Crippen molar-refractivity contribution in [2.75, 3.05) is 11.1 Å². The zero-order chi connectivity index (χ0) is 20.2. The maximum atomic E-state index is 12.4. The van der Waals surface area contributed by atoms with E-state index < -0.39 is 5.91 Å². The van der Waals surface area contributed by atoms with Crippen molar-refractivity contribution in [3.05, 3.63) is 84.4 Å². The van der Waals surface area contributed by atoms with E-state index in [2.05, 4.69) is 9.88 Å². The van der Waals surface area contributed by atoms with Gasteiger partial charge in [0.1, 0.15) is 0 Å². The molecule has 0 radical (unpaired) electrons. The number of nitrogens with zero attached hydrogens (tertiary/aromatic N) is 2. The second kappa shape index (κ2) is 8.20. The highest BCUT2D eigenvalue weighted by Gasteiger charge is 2.14. The normalized spacial score (nSPS) is 10.8. The fourth-order valence-electron chi connectivity index (χ4n) is 2.97. The first-order valence-corrected chi connectivity index (χ1v) is 9.96. The van der Waals surface area contributed by atoms with Gasteiger partial charge in [-0.3, -0.25) is 14.2 Å². The van der Waals surface area contributed by atoms with Gasteiger partial charge < -0.3 is 11.1 Å². The van der Waals surface area contributed by atoms with Crippen LogP contribution < -0.4 is 11.1 Å². The smallest absolute Gasteiger partial charge is 0.248 e. The standard InChI is InChI=1S/C22H18N4O2S/c23-21(28)15-10-12-16(13-11-15)24-20(27)14-29-22-25-18-8-4-5-9-19(18)26(22)17-6-2-1-3-7-17/h1-13H,14H2,(H2,23,28)(H,24,27). The summed E-state index contributed by atoms with van der Waals surface area (Å²) in [6.07, 6.45) is 0. The molecule has 4 aromatic rings. The third-order valence-electron chi connectivity index (χ3n) is 4.33. The third-order valence-corrected chi connectivity index (χ3v) is 5.27. The summed E-state index contributed by atoms with van der Waals surface area (Å²) >= 11 is 1.37. The Labute approximate surface area is 171 Å². The van der Waals surface area contributed by atoms with E-state index in [1.807, 2.05) is 54.6 Å². The molecule has 0 aliphatic carbocycles. The summed E-state index contributed by atoms with van der Waals surface area (Å²) in [5, 5.41) is 3.57. The molecule has 0 fully saturated rings. The molecule has 0 saturated heterocycles. The Balaban J connectivity index is 1.52. The van der Waals surface area contributed by atoms with E-state index in [4.69, 9.17) is 10.7 Å². The number of hydrogen-bond acceptors (Lipinski definition) is 4. The van der Waals surface area contributed by atoms with Crippen molar-refractivity contribution in [1.29, 1.82) is 0 Å². The number of carbonyl (C=O) groups is 2. The number of carbonyl (C=O) groups excluding carboxylic acids is 2. The molecule has 0 saturated carbocycles. The van der Waals surface area contributed by atoms with E-state index >= 15 is 0 Å². The zero-order valence-electron chi connectivity index (χ0n) is 15.4. The van der Waals surface area contributed by atoms with Gasteiger partial charge in [-0.15, -0.1) is 0 Å². The van der Waals surface area contributed by atoms with E-state index in [1.54, 1.807) is 24.3 Å². The molecule has 0 atom stereocenters. The quantitative estimate of drug-likeness (QED) is 0.479. The predicted molar refractivity (Wildman–Crippen MR) is 115 cm³/mol. The highest BCUT2D eigenvalue weighted by Crippen LogP contribution is 2.28. The second-order valence-corrected chi connectivity index (χ2v) is 7.28. The lowest BCUT2D eigenvalue weighted by molar-refractivity contribution is -0.113. The predicted octanol–water partition coefficient (Wildman–Crippen LogP) is 3.86. The summed E-state index contributed by atoms with van der Waals surface area (Å²) in [5.74, 6) is -0.458. The van der Waals surface area contributed by atoms with Gasteiger partial charge in [0, 0.05) is 16.9 Å². The van der Waals surface area contributed by atoms with E-state index in [1.165, 1.54) is 11.8 Å². The second-order valence-electron chi connectivity index (χ2n) is 6.33. The Kier molecular flexibility index (Phi) is 5.31. The number of rotatable bonds is 6. The molecular weight excluding hydrogens is 384 g/mol. The van der Waals surface area contributed by atoms with Crippen molar-refractivity contribution in [2.24, 2.45) is 5.73 Å². The van der Waals surface area contributed by atoms with Crippen LogP contribution in [-0.2, 0) is 4.79 Å². The Morgan fingerprint density at radius 1 is 0.931 bits per heavy atom. The number of primary amides is 1. The zero-order valence-corrected chi connectivity index (χ0v) is 16.2. The minimum Gasteiger partial charge on any atom is -0.366 e. The minimum atomic E-state index is -0.502. The average molecular weight is 402 g/mol. The summed E-state index contributed by atoms with van der Waals surface area (Å²) < 4.78 is 2.05. The first kappa shape index (κ1) is 18.8. The fraction of sp³-hybridized carbons (Fsp3) is 0.0455. The van der Waals surface area contributed by atoms with Crippen LogP contribution in [0.3, 0.4) is 0 Å². The van der Waals surface area contributed by atoms with Gasteiger partial charge in [-0.05, 0) is 48.5 Å². The van der Waals surface area contributed by atoms with Crippen LogP contribution in [0.5, 0.6) is 0 Å². The SMILES string of the molecule is NC(=O)c1ccc(NC(=O)CSc2nc3ccccc3n2-c2ccccc2)cc1. The highest BCUT2D eigenvalue weighted by molar-refractivity contribution is 7.99. The highest BCUT2D eigenvalue weighted by atomic mass is 32.2. The number of nitrogens with two attached hydrogens (primary N) is 1. The summed E-state index contributed by atoms with van der Waals surface area (Å²) in [6.45, 7) is 0. The molecule has 0 unspecified atom stereocenters. The van der Waals surface area contributed by atoms with Gasteiger partial charge in [0.15, 0.2) is 5.16 Å². The topological polar surface area (TPSA) is 90.0 Å². The van der Waals surface area contributed by atoms with Gasteiger partial charge in [0.25, 0.3) is 0 Å². The summed E-state index contributed by atoms with van der Waals surface area (Å²) in [4.78, 5) is 28.2.